The highest BCUT2D eigenvalue weighted by Crippen LogP contribution is 2.20. The Morgan fingerprint density at radius 3 is 3.00 bits per heavy atom. The van der Waals surface area contributed by atoms with Crippen LogP contribution in [-0.4, -0.2) is 41.2 Å². The van der Waals surface area contributed by atoms with E-state index in [2.05, 4.69) is 27.1 Å². The maximum absolute atomic E-state index is 4.42. The number of rotatable bonds is 5. The summed E-state index contributed by atoms with van der Waals surface area (Å²) in [5, 5.41) is 3.31. The van der Waals surface area contributed by atoms with Gasteiger partial charge in [-0.25, -0.2) is 9.97 Å². The zero-order chi connectivity index (χ0) is 12.3. The SMILES string of the molecule is CCNCCN(C)c1nccc2c1ncn2C. The quantitative estimate of drug-likeness (QED) is 0.783. The van der Waals surface area contributed by atoms with Crippen LogP contribution in [-0.2, 0) is 7.05 Å². The molecule has 2 aromatic heterocycles. The van der Waals surface area contributed by atoms with Gasteiger partial charge in [-0.1, -0.05) is 6.92 Å². The summed E-state index contributed by atoms with van der Waals surface area (Å²) in [6.45, 7) is 4.99. The Morgan fingerprint density at radius 2 is 2.24 bits per heavy atom. The van der Waals surface area contributed by atoms with Gasteiger partial charge >= 0.3 is 0 Å². The molecule has 0 aliphatic rings. The maximum atomic E-state index is 4.42. The highest BCUT2D eigenvalue weighted by molar-refractivity contribution is 5.86. The number of likely N-dealkylation sites (N-methyl/N-ethyl adjacent to an activating group) is 2. The van der Waals surface area contributed by atoms with Crippen molar-refractivity contribution in [3.8, 4) is 0 Å². The van der Waals surface area contributed by atoms with E-state index in [-0.39, 0.29) is 0 Å². The number of anilines is 1. The van der Waals surface area contributed by atoms with Gasteiger partial charge in [0.05, 0.1) is 11.8 Å². The van der Waals surface area contributed by atoms with Crippen LogP contribution in [0.1, 0.15) is 6.92 Å². The molecule has 17 heavy (non-hydrogen) atoms. The van der Waals surface area contributed by atoms with Crippen LogP contribution in [0.3, 0.4) is 0 Å². The van der Waals surface area contributed by atoms with Crippen LogP contribution in [0.2, 0.25) is 0 Å². The summed E-state index contributed by atoms with van der Waals surface area (Å²) in [5.74, 6) is 0.945. The van der Waals surface area contributed by atoms with Crippen molar-refractivity contribution in [1.82, 2.24) is 19.9 Å². The minimum atomic E-state index is 0.927. The van der Waals surface area contributed by atoms with E-state index < -0.39 is 0 Å². The molecule has 0 aliphatic heterocycles. The lowest BCUT2D eigenvalue weighted by Gasteiger charge is -2.18. The molecule has 0 aliphatic carbocycles. The molecule has 1 N–H and O–H groups in total. The summed E-state index contributed by atoms with van der Waals surface area (Å²) in [6.07, 6.45) is 3.66. The first-order chi connectivity index (χ1) is 8.24. The van der Waals surface area contributed by atoms with Crippen molar-refractivity contribution < 1.29 is 0 Å². The molecule has 0 saturated carbocycles. The van der Waals surface area contributed by atoms with Crippen LogP contribution in [0.15, 0.2) is 18.6 Å². The average molecular weight is 233 g/mol. The second kappa shape index (κ2) is 5.14. The number of aromatic nitrogens is 3. The van der Waals surface area contributed by atoms with E-state index in [1.807, 2.05) is 37.3 Å². The second-order valence-corrected chi connectivity index (χ2v) is 4.13. The lowest BCUT2D eigenvalue weighted by molar-refractivity contribution is 0.703. The first-order valence-corrected chi connectivity index (χ1v) is 5.92. The number of nitrogens with one attached hydrogen (secondary N) is 1. The van der Waals surface area contributed by atoms with Gasteiger partial charge in [0.2, 0.25) is 0 Å². The van der Waals surface area contributed by atoms with E-state index >= 15 is 0 Å². The minimum absolute atomic E-state index is 0.927. The molecule has 0 atom stereocenters. The number of nitrogens with zero attached hydrogens (tertiary/aromatic N) is 4. The van der Waals surface area contributed by atoms with E-state index in [4.69, 9.17) is 0 Å². The van der Waals surface area contributed by atoms with E-state index in [0.717, 1.165) is 36.5 Å². The van der Waals surface area contributed by atoms with Gasteiger partial charge in [-0.2, -0.15) is 0 Å². The summed E-state index contributed by atoms with van der Waals surface area (Å²) < 4.78 is 2.01. The van der Waals surface area contributed by atoms with Crippen LogP contribution in [0, 0.1) is 0 Å². The van der Waals surface area contributed by atoms with Crippen molar-refractivity contribution >= 4 is 16.9 Å². The second-order valence-electron chi connectivity index (χ2n) is 4.13. The zero-order valence-electron chi connectivity index (χ0n) is 10.6. The Labute approximate surface area is 101 Å². The van der Waals surface area contributed by atoms with Gasteiger partial charge in [-0.15, -0.1) is 0 Å². The molecule has 2 rings (SSSR count). The number of imidazole rings is 1. The predicted molar refractivity (Wildman–Crippen MR) is 70.3 cm³/mol. The molecule has 5 nitrogen and oxygen atoms in total. The number of hydrogen-bond acceptors (Lipinski definition) is 4. The van der Waals surface area contributed by atoms with Gasteiger partial charge in [0, 0.05) is 33.4 Å². The molecular weight excluding hydrogens is 214 g/mol. The molecule has 5 heteroatoms. The van der Waals surface area contributed by atoms with Gasteiger partial charge in [-0.3, -0.25) is 0 Å². The third-order valence-corrected chi connectivity index (χ3v) is 2.86. The summed E-state index contributed by atoms with van der Waals surface area (Å²) >= 11 is 0. The maximum Gasteiger partial charge on any atom is 0.156 e. The molecule has 2 heterocycles. The molecule has 0 spiro atoms. The Balaban J connectivity index is 2.22. The van der Waals surface area contributed by atoms with E-state index in [1.54, 1.807) is 0 Å². The Bertz CT molecular complexity index is 491. The standard InChI is InChI=1S/C12H19N5/c1-4-13-7-8-16(2)12-11-10(5-6-14-12)17(3)9-15-11/h5-6,9,13H,4,7-8H2,1-3H3. The fourth-order valence-electron chi connectivity index (χ4n) is 1.86. The number of fused-ring (bicyclic) bond motifs is 1. The molecule has 0 amide bonds. The van der Waals surface area contributed by atoms with Gasteiger partial charge < -0.3 is 14.8 Å². The smallest absolute Gasteiger partial charge is 0.156 e. The fraction of sp³-hybridized carbons (Fsp3) is 0.500. The summed E-state index contributed by atoms with van der Waals surface area (Å²) in [4.78, 5) is 11.0. The van der Waals surface area contributed by atoms with Crippen molar-refractivity contribution in [1.29, 1.82) is 0 Å². The first-order valence-electron chi connectivity index (χ1n) is 5.92. The predicted octanol–water partition coefficient (Wildman–Crippen LogP) is 1.01. The van der Waals surface area contributed by atoms with Gasteiger partial charge in [0.1, 0.15) is 5.52 Å². The topological polar surface area (TPSA) is 46.0 Å². The average Bonchev–Trinajstić information content (AvgIpc) is 2.71. The van der Waals surface area contributed by atoms with Crippen LogP contribution in [0.4, 0.5) is 5.82 Å². The van der Waals surface area contributed by atoms with Crippen LogP contribution < -0.4 is 10.2 Å². The molecule has 0 saturated heterocycles. The molecule has 0 radical (unpaired) electrons. The van der Waals surface area contributed by atoms with Crippen LogP contribution >= 0.6 is 0 Å². The third-order valence-electron chi connectivity index (χ3n) is 2.86. The van der Waals surface area contributed by atoms with E-state index in [9.17, 15) is 0 Å². The molecule has 2 aromatic rings. The van der Waals surface area contributed by atoms with Crippen molar-refractivity contribution in [3.63, 3.8) is 0 Å². The lowest BCUT2D eigenvalue weighted by Crippen LogP contribution is -2.29. The fourth-order valence-corrected chi connectivity index (χ4v) is 1.86. The molecule has 92 valence electrons. The molecule has 0 aromatic carbocycles. The Hall–Kier alpha value is -1.62. The highest BCUT2D eigenvalue weighted by Gasteiger charge is 2.10. The largest absolute Gasteiger partial charge is 0.357 e. The lowest BCUT2D eigenvalue weighted by atomic mass is 10.3. The molecular formula is C12H19N5. The molecule has 0 fully saturated rings. The van der Waals surface area contributed by atoms with Gasteiger partial charge in [-0.05, 0) is 12.6 Å². The highest BCUT2D eigenvalue weighted by atomic mass is 15.2. The summed E-state index contributed by atoms with van der Waals surface area (Å²) in [5.41, 5.74) is 2.08. The monoisotopic (exact) mass is 233 g/mol. The Kier molecular flexibility index (Phi) is 3.58. The number of hydrogen-bond donors (Lipinski definition) is 1. The molecule has 0 bridgehead atoms. The van der Waals surface area contributed by atoms with Crippen molar-refractivity contribution in [3.05, 3.63) is 18.6 Å². The molecule has 0 unspecified atom stereocenters. The Morgan fingerprint density at radius 1 is 1.41 bits per heavy atom. The number of pyridine rings is 1. The van der Waals surface area contributed by atoms with Crippen LogP contribution in [0.5, 0.6) is 0 Å². The zero-order valence-corrected chi connectivity index (χ0v) is 10.6. The third kappa shape index (κ3) is 2.39. The van der Waals surface area contributed by atoms with Crippen molar-refractivity contribution in [2.75, 3.05) is 31.6 Å². The van der Waals surface area contributed by atoms with Crippen molar-refractivity contribution in [2.45, 2.75) is 6.92 Å². The summed E-state index contributed by atoms with van der Waals surface area (Å²) in [6, 6.07) is 1.99. The van der Waals surface area contributed by atoms with Gasteiger partial charge in [0.15, 0.2) is 5.82 Å². The summed E-state index contributed by atoms with van der Waals surface area (Å²) in [7, 11) is 4.05. The minimum Gasteiger partial charge on any atom is -0.357 e. The first kappa shape index (κ1) is 11.9. The number of aryl methyl sites for hydroxylation is 1. The van der Waals surface area contributed by atoms with E-state index in [0.29, 0.717) is 0 Å². The normalized spacial score (nSPS) is 11.0. The van der Waals surface area contributed by atoms with Crippen LogP contribution in [0.25, 0.3) is 11.0 Å². The van der Waals surface area contributed by atoms with E-state index in [1.165, 1.54) is 0 Å². The van der Waals surface area contributed by atoms with Crippen molar-refractivity contribution in [2.24, 2.45) is 7.05 Å². The van der Waals surface area contributed by atoms with Gasteiger partial charge in [0.25, 0.3) is 0 Å².